The molecule has 0 atom stereocenters. The third-order valence-electron chi connectivity index (χ3n) is 2.98. The van der Waals surface area contributed by atoms with Crippen LogP contribution in [-0.2, 0) is 0 Å². The van der Waals surface area contributed by atoms with E-state index in [0.29, 0.717) is 45.3 Å². The smallest absolute Gasteiger partial charge is 0.194 e. The van der Waals surface area contributed by atoms with Crippen LogP contribution in [0, 0.1) is 0 Å². The Hall–Kier alpha value is -1.52. The first-order valence-corrected chi connectivity index (χ1v) is 7.21. The summed E-state index contributed by atoms with van der Waals surface area (Å²) in [5, 5.41) is 0.522. The fourth-order valence-corrected chi connectivity index (χ4v) is 2.61. The van der Waals surface area contributed by atoms with Crippen LogP contribution in [0.3, 0.4) is 0 Å². The second kappa shape index (κ2) is 5.46. The van der Waals surface area contributed by atoms with Gasteiger partial charge in [-0.15, -0.1) is 0 Å². The first kappa shape index (κ1) is 13.5. The molecule has 3 nitrogen and oxygen atoms in total. The molecule has 1 aliphatic rings. The Kier molecular flexibility index (Phi) is 3.68. The summed E-state index contributed by atoms with van der Waals surface area (Å²) in [6, 6.07) is 10.3. The predicted molar refractivity (Wildman–Crippen MR) is 80.0 cm³/mol. The Labute approximate surface area is 129 Å². The van der Waals surface area contributed by atoms with Crippen LogP contribution in [0.25, 0.3) is 0 Å². The number of carbonyl (C=O) groups is 1. The minimum atomic E-state index is -0.114. The largest absolute Gasteiger partial charge is 0.486 e. The van der Waals surface area contributed by atoms with Crippen LogP contribution in [0.15, 0.2) is 40.9 Å². The Morgan fingerprint density at radius 1 is 1.05 bits per heavy atom. The highest BCUT2D eigenvalue weighted by Crippen LogP contribution is 2.32. The lowest BCUT2D eigenvalue weighted by Gasteiger charge is -2.18. The molecule has 1 aliphatic heterocycles. The SMILES string of the molecule is O=C(c1ccc2c(c1)OCCO2)c1cc(Cl)ccc1Br. The summed E-state index contributed by atoms with van der Waals surface area (Å²) in [6.07, 6.45) is 0. The summed E-state index contributed by atoms with van der Waals surface area (Å²) >= 11 is 9.31. The van der Waals surface area contributed by atoms with Gasteiger partial charge in [-0.2, -0.15) is 0 Å². The lowest BCUT2D eigenvalue weighted by atomic mass is 10.0. The number of ketones is 1. The van der Waals surface area contributed by atoms with Gasteiger partial charge in [0.05, 0.1) is 0 Å². The minimum Gasteiger partial charge on any atom is -0.486 e. The van der Waals surface area contributed by atoms with Gasteiger partial charge in [0, 0.05) is 20.6 Å². The second-order valence-corrected chi connectivity index (χ2v) is 5.60. The first-order chi connectivity index (χ1) is 9.65. The molecule has 0 amide bonds. The summed E-state index contributed by atoms with van der Waals surface area (Å²) in [4.78, 5) is 12.5. The van der Waals surface area contributed by atoms with E-state index in [0.717, 1.165) is 0 Å². The first-order valence-electron chi connectivity index (χ1n) is 6.04. The van der Waals surface area contributed by atoms with Gasteiger partial charge in [0.15, 0.2) is 17.3 Å². The molecule has 0 aromatic heterocycles. The zero-order valence-electron chi connectivity index (χ0n) is 10.4. The van der Waals surface area contributed by atoms with Crippen LogP contribution < -0.4 is 9.47 Å². The third-order valence-corrected chi connectivity index (χ3v) is 3.90. The molecule has 0 radical (unpaired) electrons. The van der Waals surface area contributed by atoms with Crippen LogP contribution in [0.1, 0.15) is 15.9 Å². The standard InChI is InChI=1S/C15H10BrClO3/c16-12-3-2-10(17)8-11(12)15(18)9-1-4-13-14(7-9)20-6-5-19-13/h1-4,7-8H,5-6H2. The number of carbonyl (C=O) groups excluding carboxylic acids is 1. The number of fused-ring (bicyclic) bond motifs is 1. The molecule has 0 unspecified atom stereocenters. The van der Waals surface area contributed by atoms with Gasteiger partial charge in [0.2, 0.25) is 0 Å². The van der Waals surface area contributed by atoms with Crippen molar-refractivity contribution in [3.63, 3.8) is 0 Å². The highest BCUT2D eigenvalue weighted by Gasteiger charge is 2.17. The van der Waals surface area contributed by atoms with Crippen LogP contribution in [0.4, 0.5) is 0 Å². The van der Waals surface area contributed by atoms with Crippen molar-refractivity contribution in [2.45, 2.75) is 0 Å². The Bertz CT molecular complexity index is 685. The zero-order chi connectivity index (χ0) is 14.1. The van der Waals surface area contributed by atoms with Crippen molar-refractivity contribution in [2.24, 2.45) is 0 Å². The Morgan fingerprint density at radius 3 is 2.60 bits per heavy atom. The maximum Gasteiger partial charge on any atom is 0.194 e. The Balaban J connectivity index is 2.00. The third kappa shape index (κ3) is 2.53. The van der Waals surface area contributed by atoms with Crippen molar-refractivity contribution >= 4 is 33.3 Å². The zero-order valence-corrected chi connectivity index (χ0v) is 12.7. The van der Waals surface area contributed by atoms with Crippen molar-refractivity contribution in [3.8, 4) is 11.5 Å². The molecular formula is C15H10BrClO3. The maximum atomic E-state index is 12.5. The average Bonchev–Trinajstić information content (AvgIpc) is 2.48. The molecule has 0 aliphatic carbocycles. The molecule has 2 aromatic rings. The summed E-state index contributed by atoms with van der Waals surface area (Å²) in [5.41, 5.74) is 1.06. The topological polar surface area (TPSA) is 35.5 Å². The van der Waals surface area contributed by atoms with Crippen LogP contribution in [0.2, 0.25) is 5.02 Å². The van der Waals surface area contributed by atoms with Crippen LogP contribution >= 0.6 is 27.5 Å². The van der Waals surface area contributed by atoms with Crippen molar-refractivity contribution in [3.05, 3.63) is 57.0 Å². The molecule has 5 heteroatoms. The number of halogens is 2. The summed E-state index contributed by atoms with van der Waals surface area (Å²) in [5.74, 6) is 1.15. The molecule has 0 bridgehead atoms. The normalized spacial score (nSPS) is 13.1. The van der Waals surface area contributed by atoms with E-state index in [1.807, 2.05) is 0 Å². The van der Waals surface area contributed by atoms with Gasteiger partial charge in [-0.25, -0.2) is 0 Å². The van der Waals surface area contributed by atoms with Crippen molar-refractivity contribution < 1.29 is 14.3 Å². The molecule has 0 spiro atoms. The van der Waals surface area contributed by atoms with E-state index in [1.165, 1.54) is 0 Å². The predicted octanol–water partition coefficient (Wildman–Crippen LogP) is 4.10. The number of benzene rings is 2. The number of hydrogen-bond donors (Lipinski definition) is 0. The molecule has 102 valence electrons. The van der Waals surface area contributed by atoms with Crippen LogP contribution in [-0.4, -0.2) is 19.0 Å². The highest BCUT2D eigenvalue weighted by molar-refractivity contribution is 9.10. The van der Waals surface area contributed by atoms with E-state index in [1.54, 1.807) is 36.4 Å². The fourth-order valence-electron chi connectivity index (χ4n) is 2.01. The van der Waals surface area contributed by atoms with Gasteiger partial charge in [0.25, 0.3) is 0 Å². The van der Waals surface area contributed by atoms with E-state index in [2.05, 4.69) is 15.9 Å². The lowest BCUT2D eigenvalue weighted by Crippen LogP contribution is -2.16. The molecular weight excluding hydrogens is 344 g/mol. The number of ether oxygens (including phenoxy) is 2. The van der Waals surface area contributed by atoms with E-state index in [-0.39, 0.29) is 5.78 Å². The summed E-state index contributed by atoms with van der Waals surface area (Å²) in [7, 11) is 0. The summed E-state index contributed by atoms with van der Waals surface area (Å²) in [6.45, 7) is 1.02. The molecule has 3 rings (SSSR count). The second-order valence-electron chi connectivity index (χ2n) is 4.31. The molecule has 1 heterocycles. The minimum absolute atomic E-state index is 0.114. The molecule has 2 aromatic carbocycles. The average molecular weight is 354 g/mol. The van der Waals surface area contributed by atoms with Gasteiger partial charge in [0.1, 0.15) is 13.2 Å². The fraction of sp³-hybridized carbons (Fsp3) is 0.133. The quantitative estimate of drug-likeness (QED) is 0.762. The number of hydrogen-bond acceptors (Lipinski definition) is 3. The van der Waals surface area contributed by atoms with Gasteiger partial charge in [-0.05, 0) is 36.4 Å². The lowest BCUT2D eigenvalue weighted by molar-refractivity contribution is 0.103. The Morgan fingerprint density at radius 2 is 1.80 bits per heavy atom. The molecule has 0 saturated heterocycles. The molecule has 20 heavy (non-hydrogen) atoms. The molecule has 0 saturated carbocycles. The van der Waals surface area contributed by atoms with Gasteiger partial charge < -0.3 is 9.47 Å². The van der Waals surface area contributed by atoms with E-state index < -0.39 is 0 Å². The number of rotatable bonds is 2. The monoisotopic (exact) mass is 352 g/mol. The highest BCUT2D eigenvalue weighted by atomic mass is 79.9. The van der Waals surface area contributed by atoms with Gasteiger partial charge >= 0.3 is 0 Å². The molecule has 0 fully saturated rings. The summed E-state index contributed by atoms with van der Waals surface area (Å²) < 4.78 is 11.6. The van der Waals surface area contributed by atoms with Gasteiger partial charge in [-0.1, -0.05) is 27.5 Å². The molecule has 0 N–H and O–H groups in total. The van der Waals surface area contributed by atoms with E-state index in [9.17, 15) is 4.79 Å². The van der Waals surface area contributed by atoms with Crippen molar-refractivity contribution in [2.75, 3.05) is 13.2 Å². The van der Waals surface area contributed by atoms with E-state index in [4.69, 9.17) is 21.1 Å². The van der Waals surface area contributed by atoms with Crippen molar-refractivity contribution in [1.82, 2.24) is 0 Å². The van der Waals surface area contributed by atoms with Crippen LogP contribution in [0.5, 0.6) is 11.5 Å². The maximum absolute atomic E-state index is 12.5. The van der Waals surface area contributed by atoms with Gasteiger partial charge in [-0.3, -0.25) is 4.79 Å². The van der Waals surface area contributed by atoms with E-state index >= 15 is 0 Å². The van der Waals surface area contributed by atoms with Crippen molar-refractivity contribution in [1.29, 1.82) is 0 Å².